The van der Waals surface area contributed by atoms with Gasteiger partial charge < -0.3 is 14.5 Å². The summed E-state index contributed by atoms with van der Waals surface area (Å²) >= 11 is 0. The van der Waals surface area contributed by atoms with Crippen molar-refractivity contribution in [3.05, 3.63) is 47.7 Å². The fraction of sp³-hybridized carbons (Fsp3) is 0.438. The molecule has 0 aromatic carbocycles. The van der Waals surface area contributed by atoms with Gasteiger partial charge in [0.15, 0.2) is 0 Å². The van der Waals surface area contributed by atoms with Crippen molar-refractivity contribution in [3.63, 3.8) is 0 Å². The van der Waals surface area contributed by atoms with Crippen LogP contribution in [0, 0.1) is 6.92 Å². The zero-order chi connectivity index (χ0) is 14.4. The molecule has 1 atom stereocenters. The third kappa shape index (κ3) is 3.84. The predicted octanol–water partition coefficient (Wildman–Crippen LogP) is 3.28. The highest BCUT2D eigenvalue weighted by Crippen LogP contribution is 2.17. The van der Waals surface area contributed by atoms with Crippen LogP contribution in [0.5, 0.6) is 5.75 Å². The first-order valence-electron chi connectivity index (χ1n) is 7.06. The molecular formula is C16H22N2O2. The Morgan fingerprint density at radius 3 is 2.90 bits per heavy atom. The van der Waals surface area contributed by atoms with E-state index >= 15 is 0 Å². The predicted molar refractivity (Wildman–Crippen MR) is 79.0 cm³/mol. The highest BCUT2D eigenvalue weighted by molar-refractivity contribution is 5.29. The van der Waals surface area contributed by atoms with E-state index in [-0.39, 0.29) is 6.04 Å². The Kier molecular flexibility index (Phi) is 5.18. The standard InChI is InChI=1S/C16H22N2O2/c1-4-14-16(8-7-12(2)18-14)20-11-9-17-13(3)15-6-5-10-19-15/h5-8,10,13,17H,4,9,11H2,1-3H3. The van der Waals surface area contributed by atoms with E-state index < -0.39 is 0 Å². The molecule has 4 nitrogen and oxygen atoms in total. The minimum atomic E-state index is 0.190. The van der Waals surface area contributed by atoms with Gasteiger partial charge in [0, 0.05) is 12.2 Å². The number of furan rings is 1. The summed E-state index contributed by atoms with van der Waals surface area (Å²) in [6.07, 6.45) is 2.57. The van der Waals surface area contributed by atoms with Crippen molar-refractivity contribution in [1.29, 1.82) is 0 Å². The van der Waals surface area contributed by atoms with E-state index in [1.54, 1.807) is 6.26 Å². The van der Waals surface area contributed by atoms with Crippen LogP contribution in [0.15, 0.2) is 34.9 Å². The maximum atomic E-state index is 5.80. The molecule has 0 fully saturated rings. The number of nitrogens with zero attached hydrogens (tertiary/aromatic N) is 1. The third-order valence-corrected chi connectivity index (χ3v) is 3.19. The van der Waals surface area contributed by atoms with Crippen LogP contribution < -0.4 is 10.1 Å². The highest BCUT2D eigenvalue weighted by Gasteiger charge is 2.07. The molecule has 2 aromatic rings. The van der Waals surface area contributed by atoms with Crippen LogP contribution in [0.25, 0.3) is 0 Å². The quantitative estimate of drug-likeness (QED) is 0.787. The molecule has 2 heterocycles. The molecule has 0 saturated carbocycles. The average molecular weight is 274 g/mol. The van der Waals surface area contributed by atoms with Crippen LogP contribution in [0.2, 0.25) is 0 Å². The minimum absolute atomic E-state index is 0.190. The lowest BCUT2D eigenvalue weighted by Gasteiger charge is -2.13. The Labute approximate surface area is 120 Å². The number of aromatic nitrogens is 1. The van der Waals surface area contributed by atoms with E-state index in [4.69, 9.17) is 9.15 Å². The highest BCUT2D eigenvalue weighted by atomic mass is 16.5. The van der Waals surface area contributed by atoms with Crippen LogP contribution in [-0.2, 0) is 6.42 Å². The van der Waals surface area contributed by atoms with Gasteiger partial charge in [0.1, 0.15) is 18.1 Å². The van der Waals surface area contributed by atoms with E-state index in [1.807, 2.05) is 31.2 Å². The summed E-state index contributed by atoms with van der Waals surface area (Å²) in [5, 5.41) is 3.36. The molecule has 0 aliphatic carbocycles. The molecule has 0 amide bonds. The van der Waals surface area contributed by atoms with Crippen molar-refractivity contribution in [2.24, 2.45) is 0 Å². The van der Waals surface area contributed by atoms with Crippen LogP contribution in [-0.4, -0.2) is 18.1 Å². The summed E-state index contributed by atoms with van der Waals surface area (Å²) in [7, 11) is 0. The summed E-state index contributed by atoms with van der Waals surface area (Å²) in [6.45, 7) is 7.53. The van der Waals surface area contributed by atoms with Crippen molar-refractivity contribution in [2.45, 2.75) is 33.2 Å². The van der Waals surface area contributed by atoms with E-state index in [1.165, 1.54) is 0 Å². The molecule has 1 unspecified atom stereocenters. The Balaban J connectivity index is 1.79. The topological polar surface area (TPSA) is 47.3 Å². The van der Waals surface area contributed by atoms with Gasteiger partial charge in [0.2, 0.25) is 0 Å². The Hall–Kier alpha value is -1.81. The summed E-state index contributed by atoms with van der Waals surface area (Å²) in [6, 6.07) is 8.04. The lowest BCUT2D eigenvalue weighted by atomic mass is 10.2. The van der Waals surface area contributed by atoms with Gasteiger partial charge in [-0.2, -0.15) is 0 Å². The van der Waals surface area contributed by atoms with Crippen molar-refractivity contribution in [3.8, 4) is 5.75 Å². The lowest BCUT2D eigenvalue weighted by molar-refractivity contribution is 0.298. The average Bonchev–Trinajstić information content (AvgIpc) is 2.98. The van der Waals surface area contributed by atoms with Gasteiger partial charge >= 0.3 is 0 Å². The van der Waals surface area contributed by atoms with E-state index in [2.05, 4.69) is 24.1 Å². The van der Waals surface area contributed by atoms with Gasteiger partial charge in [0.05, 0.1) is 18.0 Å². The molecule has 20 heavy (non-hydrogen) atoms. The van der Waals surface area contributed by atoms with Crippen LogP contribution in [0.1, 0.15) is 37.0 Å². The monoisotopic (exact) mass is 274 g/mol. The molecule has 108 valence electrons. The maximum Gasteiger partial charge on any atom is 0.140 e. The molecule has 0 aliphatic heterocycles. The molecule has 0 aliphatic rings. The van der Waals surface area contributed by atoms with Gasteiger partial charge in [-0.05, 0) is 44.5 Å². The third-order valence-electron chi connectivity index (χ3n) is 3.19. The van der Waals surface area contributed by atoms with E-state index in [9.17, 15) is 0 Å². The van der Waals surface area contributed by atoms with Crippen molar-refractivity contribution in [1.82, 2.24) is 10.3 Å². The van der Waals surface area contributed by atoms with Crippen molar-refractivity contribution < 1.29 is 9.15 Å². The SMILES string of the molecule is CCc1nc(C)ccc1OCCNC(C)c1ccco1. The van der Waals surface area contributed by atoms with E-state index in [0.717, 1.165) is 35.9 Å². The van der Waals surface area contributed by atoms with Gasteiger partial charge in [-0.25, -0.2) is 0 Å². The number of hydrogen-bond acceptors (Lipinski definition) is 4. The zero-order valence-corrected chi connectivity index (χ0v) is 12.3. The van der Waals surface area contributed by atoms with Gasteiger partial charge in [-0.1, -0.05) is 6.92 Å². The van der Waals surface area contributed by atoms with Crippen molar-refractivity contribution >= 4 is 0 Å². The second kappa shape index (κ2) is 7.10. The molecule has 2 aromatic heterocycles. The molecule has 1 N–H and O–H groups in total. The fourth-order valence-electron chi connectivity index (χ4n) is 2.06. The summed E-state index contributed by atoms with van der Waals surface area (Å²) < 4.78 is 11.1. The number of hydrogen-bond donors (Lipinski definition) is 1. The molecular weight excluding hydrogens is 252 g/mol. The lowest BCUT2D eigenvalue weighted by Crippen LogP contribution is -2.24. The molecule has 0 spiro atoms. The van der Waals surface area contributed by atoms with Gasteiger partial charge in [-0.15, -0.1) is 0 Å². The number of pyridine rings is 1. The molecule has 2 rings (SSSR count). The van der Waals surface area contributed by atoms with Gasteiger partial charge in [-0.3, -0.25) is 4.98 Å². The largest absolute Gasteiger partial charge is 0.490 e. The molecule has 4 heteroatoms. The second-order valence-corrected chi connectivity index (χ2v) is 4.79. The summed E-state index contributed by atoms with van der Waals surface area (Å²) in [5.74, 6) is 1.82. The first-order chi connectivity index (χ1) is 9.70. The van der Waals surface area contributed by atoms with Crippen LogP contribution in [0.3, 0.4) is 0 Å². The normalized spacial score (nSPS) is 12.3. The molecule has 0 bridgehead atoms. The fourth-order valence-corrected chi connectivity index (χ4v) is 2.06. The Morgan fingerprint density at radius 2 is 2.20 bits per heavy atom. The first-order valence-corrected chi connectivity index (χ1v) is 7.06. The number of rotatable bonds is 7. The van der Waals surface area contributed by atoms with Crippen LogP contribution >= 0.6 is 0 Å². The molecule has 0 radical (unpaired) electrons. The number of nitrogens with one attached hydrogen (secondary N) is 1. The van der Waals surface area contributed by atoms with E-state index in [0.29, 0.717) is 6.61 Å². The van der Waals surface area contributed by atoms with Crippen LogP contribution in [0.4, 0.5) is 0 Å². The molecule has 0 saturated heterocycles. The Bertz CT molecular complexity index is 523. The number of aryl methyl sites for hydroxylation is 2. The number of ether oxygens (including phenoxy) is 1. The maximum absolute atomic E-state index is 5.80. The van der Waals surface area contributed by atoms with Crippen molar-refractivity contribution in [2.75, 3.05) is 13.2 Å². The zero-order valence-electron chi connectivity index (χ0n) is 12.3. The minimum Gasteiger partial charge on any atom is -0.490 e. The summed E-state index contributed by atoms with van der Waals surface area (Å²) in [5.41, 5.74) is 2.04. The first kappa shape index (κ1) is 14.6. The van der Waals surface area contributed by atoms with Gasteiger partial charge in [0.25, 0.3) is 0 Å². The smallest absolute Gasteiger partial charge is 0.140 e. The Morgan fingerprint density at radius 1 is 1.35 bits per heavy atom. The summed E-state index contributed by atoms with van der Waals surface area (Å²) in [4.78, 5) is 4.49. The second-order valence-electron chi connectivity index (χ2n) is 4.79.